The van der Waals surface area contributed by atoms with Crippen molar-refractivity contribution < 1.29 is 4.79 Å². The van der Waals surface area contributed by atoms with Gasteiger partial charge in [-0.25, -0.2) is 0 Å². The van der Waals surface area contributed by atoms with E-state index in [2.05, 4.69) is 12.2 Å². The lowest BCUT2D eigenvalue weighted by Crippen LogP contribution is -2.15. The van der Waals surface area contributed by atoms with Crippen molar-refractivity contribution in [2.24, 2.45) is 0 Å². The van der Waals surface area contributed by atoms with E-state index in [9.17, 15) is 4.79 Å². The van der Waals surface area contributed by atoms with Gasteiger partial charge in [-0.05, 0) is 36.1 Å². The highest BCUT2D eigenvalue weighted by atomic mass is 35.5. The number of aryl methyl sites for hydroxylation is 1. The molecule has 2 aromatic carbocycles. The molecule has 0 aliphatic rings. The molecule has 2 nitrogen and oxygen atoms in total. The van der Waals surface area contributed by atoms with E-state index in [-0.39, 0.29) is 11.8 Å². The Bertz CT molecular complexity index is 595. The number of rotatable bonds is 4. The predicted molar refractivity (Wildman–Crippen MR) is 84.3 cm³/mol. The monoisotopic (exact) mass is 287 g/mol. The number of carbonyl (C=O) groups excluding carboxylic acids is 1. The Labute approximate surface area is 124 Å². The zero-order valence-electron chi connectivity index (χ0n) is 11.7. The molecule has 1 atom stereocenters. The first-order chi connectivity index (χ1) is 9.56. The molecule has 0 saturated carbocycles. The smallest absolute Gasteiger partial charge is 0.224 e. The van der Waals surface area contributed by atoms with Crippen LogP contribution in [0.15, 0.2) is 48.5 Å². The Morgan fingerprint density at radius 3 is 2.60 bits per heavy atom. The molecule has 1 amide bonds. The van der Waals surface area contributed by atoms with Gasteiger partial charge in [-0.1, -0.05) is 54.9 Å². The summed E-state index contributed by atoms with van der Waals surface area (Å²) in [4.78, 5) is 12.1. The van der Waals surface area contributed by atoms with Gasteiger partial charge in [-0.2, -0.15) is 0 Å². The van der Waals surface area contributed by atoms with Gasteiger partial charge in [-0.15, -0.1) is 0 Å². The first-order valence-corrected chi connectivity index (χ1v) is 7.05. The third-order valence-electron chi connectivity index (χ3n) is 3.33. The van der Waals surface area contributed by atoms with E-state index >= 15 is 0 Å². The highest BCUT2D eigenvalue weighted by molar-refractivity contribution is 6.31. The van der Waals surface area contributed by atoms with Crippen LogP contribution in [-0.2, 0) is 4.79 Å². The van der Waals surface area contributed by atoms with Crippen LogP contribution in [0.25, 0.3) is 0 Å². The lowest BCUT2D eigenvalue weighted by atomic mass is 9.97. The summed E-state index contributed by atoms with van der Waals surface area (Å²) >= 11 is 5.95. The summed E-state index contributed by atoms with van der Waals surface area (Å²) < 4.78 is 0. The summed E-state index contributed by atoms with van der Waals surface area (Å²) in [6.07, 6.45) is 0.454. The third-order valence-corrected chi connectivity index (χ3v) is 3.57. The lowest BCUT2D eigenvalue weighted by Gasteiger charge is -2.13. The van der Waals surface area contributed by atoms with E-state index in [0.717, 1.165) is 11.3 Å². The summed E-state index contributed by atoms with van der Waals surface area (Å²) in [6, 6.07) is 15.5. The second kappa shape index (κ2) is 6.58. The van der Waals surface area contributed by atoms with Crippen molar-refractivity contribution in [1.82, 2.24) is 0 Å². The van der Waals surface area contributed by atoms with Gasteiger partial charge in [-0.3, -0.25) is 4.79 Å². The van der Waals surface area contributed by atoms with Crippen molar-refractivity contribution in [2.75, 3.05) is 5.32 Å². The number of anilines is 1. The molecule has 2 aromatic rings. The highest BCUT2D eigenvalue weighted by Crippen LogP contribution is 2.22. The summed E-state index contributed by atoms with van der Waals surface area (Å²) in [5, 5.41) is 3.56. The van der Waals surface area contributed by atoms with Gasteiger partial charge in [0.1, 0.15) is 0 Å². The van der Waals surface area contributed by atoms with Crippen LogP contribution in [-0.4, -0.2) is 5.91 Å². The maximum Gasteiger partial charge on any atom is 0.224 e. The van der Waals surface area contributed by atoms with E-state index in [1.54, 1.807) is 6.07 Å². The van der Waals surface area contributed by atoms with E-state index in [1.807, 2.05) is 49.4 Å². The van der Waals surface area contributed by atoms with Crippen LogP contribution in [0.2, 0.25) is 5.02 Å². The quantitative estimate of drug-likeness (QED) is 0.861. The van der Waals surface area contributed by atoms with Gasteiger partial charge in [0.05, 0.1) is 0 Å². The van der Waals surface area contributed by atoms with Crippen LogP contribution in [0.3, 0.4) is 0 Å². The third kappa shape index (κ3) is 3.84. The van der Waals surface area contributed by atoms with Crippen LogP contribution in [0.1, 0.15) is 30.4 Å². The van der Waals surface area contributed by atoms with Gasteiger partial charge in [0, 0.05) is 17.1 Å². The maximum atomic E-state index is 12.1. The van der Waals surface area contributed by atoms with Crippen molar-refractivity contribution in [3.8, 4) is 0 Å². The second-order valence-corrected chi connectivity index (χ2v) is 5.46. The number of halogens is 1. The normalized spacial score (nSPS) is 11.9. The van der Waals surface area contributed by atoms with Crippen LogP contribution < -0.4 is 5.32 Å². The summed E-state index contributed by atoms with van der Waals surface area (Å²) in [5.41, 5.74) is 2.96. The molecule has 20 heavy (non-hydrogen) atoms. The molecule has 0 radical (unpaired) electrons. The fourth-order valence-corrected chi connectivity index (χ4v) is 2.28. The molecule has 0 unspecified atom stereocenters. The van der Waals surface area contributed by atoms with Gasteiger partial charge in [0.25, 0.3) is 0 Å². The number of hydrogen-bond donors (Lipinski definition) is 1. The average Bonchev–Trinajstić information content (AvgIpc) is 2.43. The van der Waals surface area contributed by atoms with E-state index < -0.39 is 0 Å². The van der Waals surface area contributed by atoms with Crippen LogP contribution in [0, 0.1) is 6.92 Å². The average molecular weight is 288 g/mol. The second-order valence-electron chi connectivity index (χ2n) is 5.02. The Kier molecular flexibility index (Phi) is 4.80. The van der Waals surface area contributed by atoms with Crippen molar-refractivity contribution in [2.45, 2.75) is 26.2 Å². The van der Waals surface area contributed by atoms with E-state index in [0.29, 0.717) is 11.4 Å². The van der Waals surface area contributed by atoms with Crippen LogP contribution in [0.5, 0.6) is 0 Å². The van der Waals surface area contributed by atoms with Gasteiger partial charge >= 0.3 is 0 Å². The molecule has 0 aliphatic carbocycles. The highest BCUT2D eigenvalue weighted by Gasteiger charge is 2.12. The summed E-state index contributed by atoms with van der Waals surface area (Å²) in [7, 11) is 0. The van der Waals surface area contributed by atoms with E-state index in [1.165, 1.54) is 5.56 Å². The van der Waals surface area contributed by atoms with Crippen molar-refractivity contribution in [3.05, 3.63) is 64.7 Å². The molecule has 2 rings (SSSR count). The molecule has 0 bridgehead atoms. The molecule has 0 aromatic heterocycles. The SMILES string of the molecule is Cc1ccc(Cl)cc1NC(=O)C[C@H](C)c1ccccc1. The minimum atomic E-state index is 0.00622. The fourth-order valence-electron chi connectivity index (χ4n) is 2.11. The largest absolute Gasteiger partial charge is 0.326 e. The molecular weight excluding hydrogens is 270 g/mol. The van der Waals surface area contributed by atoms with Gasteiger partial charge in [0.15, 0.2) is 0 Å². The molecule has 0 saturated heterocycles. The number of benzene rings is 2. The molecule has 0 heterocycles. The minimum Gasteiger partial charge on any atom is -0.326 e. The number of carbonyl (C=O) groups is 1. The fraction of sp³-hybridized carbons (Fsp3) is 0.235. The maximum absolute atomic E-state index is 12.1. The predicted octanol–water partition coefficient (Wildman–Crippen LogP) is 4.78. The van der Waals surface area contributed by atoms with Crippen molar-refractivity contribution in [3.63, 3.8) is 0 Å². The standard InChI is InChI=1S/C17H18ClNO/c1-12-8-9-15(18)11-16(12)19-17(20)10-13(2)14-6-4-3-5-7-14/h3-9,11,13H,10H2,1-2H3,(H,19,20)/t13-/m0/s1. The summed E-state index contributed by atoms with van der Waals surface area (Å²) in [5.74, 6) is 0.197. The Balaban J connectivity index is 2.01. The van der Waals surface area contributed by atoms with Crippen LogP contribution >= 0.6 is 11.6 Å². The Morgan fingerprint density at radius 2 is 1.90 bits per heavy atom. The molecule has 104 valence electrons. The van der Waals surface area contributed by atoms with Crippen molar-refractivity contribution >= 4 is 23.2 Å². The Hall–Kier alpha value is -1.80. The number of amides is 1. The topological polar surface area (TPSA) is 29.1 Å². The number of nitrogens with one attached hydrogen (secondary N) is 1. The number of hydrogen-bond acceptors (Lipinski definition) is 1. The van der Waals surface area contributed by atoms with E-state index in [4.69, 9.17) is 11.6 Å². The first-order valence-electron chi connectivity index (χ1n) is 6.67. The summed E-state index contributed by atoms with van der Waals surface area (Å²) in [6.45, 7) is 4.01. The van der Waals surface area contributed by atoms with Crippen LogP contribution in [0.4, 0.5) is 5.69 Å². The lowest BCUT2D eigenvalue weighted by molar-refractivity contribution is -0.116. The zero-order valence-corrected chi connectivity index (χ0v) is 12.4. The molecule has 0 spiro atoms. The molecule has 0 aliphatic heterocycles. The first kappa shape index (κ1) is 14.6. The molecular formula is C17H18ClNO. The molecule has 1 N–H and O–H groups in total. The molecule has 0 fully saturated rings. The Morgan fingerprint density at radius 1 is 1.20 bits per heavy atom. The van der Waals surface area contributed by atoms with Gasteiger partial charge < -0.3 is 5.32 Å². The minimum absolute atomic E-state index is 0.00622. The molecule has 3 heteroatoms. The van der Waals surface area contributed by atoms with Gasteiger partial charge in [0.2, 0.25) is 5.91 Å². The zero-order chi connectivity index (χ0) is 14.5. The van der Waals surface area contributed by atoms with Crippen molar-refractivity contribution in [1.29, 1.82) is 0 Å².